The number of hydrogen-bond donors (Lipinski definition) is 2. The molecule has 0 aliphatic heterocycles. The van der Waals surface area contributed by atoms with Crippen LogP contribution in [0.1, 0.15) is 17.3 Å². The number of amides is 1. The Kier molecular flexibility index (Phi) is 5.28. The standard InChI is InChI=1S/C19H19N3O4/c1-2-26-12-11-22-16-6-4-3-5-15(16)17(19(22)25)20-21-18(24)13-7-9-14(23)10-8-13/h3-10,23,25H,2,11-12H2,1H3. The second-order valence-electron chi connectivity index (χ2n) is 5.59. The number of azo groups is 1. The predicted octanol–water partition coefficient (Wildman–Crippen LogP) is 4.01. The van der Waals surface area contributed by atoms with Crippen LogP contribution in [-0.2, 0) is 11.3 Å². The van der Waals surface area contributed by atoms with Gasteiger partial charge in [0.05, 0.1) is 12.1 Å². The van der Waals surface area contributed by atoms with Gasteiger partial charge in [0.1, 0.15) is 5.75 Å². The molecule has 1 aromatic heterocycles. The van der Waals surface area contributed by atoms with Crippen LogP contribution >= 0.6 is 0 Å². The molecule has 3 aromatic rings. The summed E-state index contributed by atoms with van der Waals surface area (Å²) in [5, 5.41) is 28.2. The number of carbonyl (C=O) groups excluding carboxylic acids is 1. The van der Waals surface area contributed by atoms with Gasteiger partial charge in [-0.05, 0) is 37.3 Å². The van der Waals surface area contributed by atoms with Crippen LogP contribution in [0.3, 0.4) is 0 Å². The summed E-state index contributed by atoms with van der Waals surface area (Å²) in [7, 11) is 0. The highest BCUT2D eigenvalue weighted by molar-refractivity contribution is 5.97. The van der Waals surface area contributed by atoms with E-state index in [1.165, 1.54) is 24.3 Å². The van der Waals surface area contributed by atoms with Crippen molar-refractivity contribution in [3.8, 4) is 11.6 Å². The van der Waals surface area contributed by atoms with Gasteiger partial charge in [0.15, 0.2) is 5.69 Å². The zero-order valence-electron chi connectivity index (χ0n) is 14.3. The number of benzene rings is 2. The van der Waals surface area contributed by atoms with E-state index in [9.17, 15) is 15.0 Å². The van der Waals surface area contributed by atoms with Gasteiger partial charge in [-0.3, -0.25) is 4.79 Å². The lowest BCUT2D eigenvalue weighted by Crippen LogP contribution is -2.05. The maximum atomic E-state index is 12.1. The van der Waals surface area contributed by atoms with Crippen LogP contribution in [0, 0.1) is 0 Å². The summed E-state index contributed by atoms with van der Waals surface area (Å²) >= 11 is 0. The summed E-state index contributed by atoms with van der Waals surface area (Å²) < 4.78 is 7.04. The number of aromatic nitrogens is 1. The molecule has 0 saturated carbocycles. The Labute approximate surface area is 150 Å². The molecule has 7 nitrogen and oxygen atoms in total. The van der Waals surface area contributed by atoms with Gasteiger partial charge in [-0.1, -0.05) is 18.2 Å². The Bertz CT molecular complexity index is 945. The Morgan fingerprint density at radius 1 is 1.12 bits per heavy atom. The minimum Gasteiger partial charge on any atom is -0.508 e. The Morgan fingerprint density at radius 2 is 1.85 bits per heavy atom. The third kappa shape index (κ3) is 3.57. The van der Waals surface area contributed by atoms with Crippen molar-refractivity contribution < 1.29 is 19.7 Å². The Morgan fingerprint density at radius 3 is 2.58 bits per heavy atom. The third-order valence-corrected chi connectivity index (χ3v) is 3.94. The zero-order valence-corrected chi connectivity index (χ0v) is 14.3. The van der Waals surface area contributed by atoms with Crippen molar-refractivity contribution in [2.75, 3.05) is 13.2 Å². The summed E-state index contributed by atoms with van der Waals surface area (Å²) in [6.45, 7) is 3.41. The molecule has 26 heavy (non-hydrogen) atoms. The summed E-state index contributed by atoms with van der Waals surface area (Å²) in [4.78, 5) is 12.1. The number of phenols is 1. The number of hydrogen-bond acceptors (Lipinski definition) is 5. The molecule has 1 heterocycles. The molecule has 0 aliphatic rings. The molecule has 134 valence electrons. The van der Waals surface area contributed by atoms with E-state index in [1.807, 2.05) is 31.2 Å². The first-order chi connectivity index (χ1) is 12.6. The first-order valence-corrected chi connectivity index (χ1v) is 8.25. The van der Waals surface area contributed by atoms with Crippen LogP contribution in [-0.4, -0.2) is 33.9 Å². The van der Waals surface area contributed by atoms with E-state index in [-0.39, 0.29) is 17.3 Å². The molecule has 0 fully saturated rings. The van der Waals surface area contributed by atoms with E-state index in [1.54, 1.807) is 4.57 Å². The average molecular weight is 353 g/mol. The highest BCUT2D eigenvalue weighted by atomic mass is 16.5. The van der Waals surface area contributed by atoms with Gasteiger partial charge in [-0.2, -0.15) is 0 Å². The second-order valence-corrected chi connectivity index (χ2v) is 5.59. The maximum Gasteiger partial charge on any atom is 0.295 e. The third-order valence-electron chi connectivity index (χ3n) is 3.94. The number of nitrogens with zero attached hydrogens (tertiary/aromatic N) is 3. The van der Waals surface area contributed by atoms with E-state index < -0.39 is 5.91 Å². The molecule has 0 spiro atoms. The number of ether oxygens (including phenoxy) is 1. The topological polar surface area (TPSA) is 96.4 Å². The predicted molar refractivity (Wildman–Crippen MR) is 97.0 cm³/mol. The van der Waals surface area contributed by atoms with Crippen LogP contribution < -0.4 is 0 Å². The van der Waals surface area contributed by atoms with Gasteiger partial charge in [0, 0.05) is 24.1 Å². The molecule has 0 aliphatic carbocycles. The molecule has 1 amide bonds. The van der Waals surface area contributed by atoms with Crippen molar-refractivity contribution in [1.82, 2.24) is 4.57 Å². The van der Waals surface area contributed by atoms with Gasteiger partial charge in [-0.25, -0.2) is 0 Å². The Balaban J connectivity index is 1.93. The van der Waals surface area contributed by atoms with Gasteiger partial charge < -0.3 is 19.5 Å². The van der Waals surface area contributed by atoms with E-state index in [4.69, 9.17) is 4.74 Å². The second kappa shape index (κ2) is 7.79. The molecule has 0 saturated heterocycles. The fraction of sp³-hybridized carbons (Fsp3) is 0.211. The minimum atomic E-state index is -0.560. The quantitative estimate of drug-likeness (QED) is 0.517. The van der Waals surface area contributed by atoms with E-state index in [0.29, 0.717) is 30.7 Å². The van der Waals surface area contributed by atoms with Crippen LogP contribution in [0.4, 0.5) is 5.69 Å². The highest BCUT2D eigenvalue weighted by Gasteiger charge is 2.16. The molecule has 0 atom stereocenters. The van der Waals surface area contributed by atoms with Gasteiger partial charge >= 0.3 is 0 Å². The van der Waals surface area contributed by atoms with E-state index in [0.717, 1.165) is 5.52 Å². The summed E-state index contributed by atoms with van der Waals surface area (Å²) in [6.07, 6.45) is 0. The molecule has 3 rings (SSSR count). The summed E-state index contributed by atoms with van der Waals surface area (Å²) in [5.74, 6) is -0.558. The van der Waals surface area contributed by atoms with Crippen LogP contribution in [0.15, 0.2) is 58.8 Å². The van der Waals surface area contributed by atoms with Gasteiger partial charge in [0.2, 0.25) is 5.88 Å². The SMILES string of the molecule is CCOCCn1c(O)c(N=NC(=O)c2ccc(O)cc2)c2ccccc21. The number of para-hydroxylation sites is 1. The largest absolute Gasteiger partial charge is 0.508 e. The van der Waals surface area contributed by atoms with Crippen molar-refractivity contribution in [3.05, 3.63) is 54.1 Å². The number of carbonyl (C=O) groups is 1. The molecule has 0 unspecified atom stereocenters. The molecular formula is C19H19N3O4. The van der Waals surface area contributed by atoms with Gasteiger partial charge in [-0.15, -0.1) is 10.2 Å². The van der Waals surface area contributed by atoms with E-state index in [2.05, 4.69) is 10.2 Å². The Hall–Kier alpha value is -3.19. The lowest BCUT2D eigenvalue weighted by atomic mass is 10.2. The minimum absolute atomic E-state index is 0.0619. The smallest absolute Gasteiger partial charge is 0.295 e. The summed E-state index contributed by atoms with van der Waals surface area (Å²) in [6, 6.07) is 13.1. The number of aromatic hydroxyl groups is 2. The van der Waals surface area contributed by atoms with Crippen molar-refractivity contribution in [1.29, 1.82) is 0 Å². The normalized spacial score (nSPS) is 11.4. The first kappa shape index (κ1) is 17.6. The monoisotopic (exact) mass is 353 g/mol. The fourth-order valence-electron chi connectivity index (χ4n) is 2.65. The lowest BCUT2D eigenvalue weighted by Gasteiger charge is -2.06. The number of fused-ring (bicyclic) bond motifs is 1. The zero-order chi connectivity index (χ0) is 18.5. The molecule has 2 N–H and O–H groups in total. The first-order valence-electron chi connectivity index (χ1n) is 8.25. The van der Waals surface area contributed by atoms with Crippen molar-refractivity contribution in [2.45, 2.75) is 13.5 Å². The molecular weight excluding hydrogens is 334 g/mol. The average Bonchev–Trinajstić information content (AvgIpc) is 2.92. The molecule has 7 heteroatoms. The van der Waals surface area contributed by atoms with Crippen molar-refractivity contribution in [2.24, 2.45) is 10.2 Å². The van der Waals surface area contributed by atoms with Crippen LogP contribution in [0.25, 0.3) is 10.9 Å². The molecule has 2 aromatic carbocycles. The van der Waals surface area contributed by atoms with Crippen molar-refractivity contribution >= 4 is 22.5 Å². The number of rotatable bonds is 6. The van der Waals surface area contributed by atoms with Crippen LogP contribution in [0.5, 0.6) is 11.6 Å². The molecule has 0 bridgehead atoms. The highest BCUT2D eigenvalue weighted by Crippen LogP contribution is 2.38. The lowest BCUT2D eigenvalue weighted by molar-refractivity contribution is 0.0995. The maximum absolute atomic E-state index is 12.1. The van der Waals surface area contributed by atoms with Crippen LogP contribution in [0.2, 0.25) is 0 Å². The molecule has 0 radical (unpaired) electrons. The summed E-state index contributed by atoms with van der Waals surface area (Å²) in [5.41, 5.74) is 1.33. The van der Waals surface area contributed by atoms with E-state index >= 15 is 0 Å². The fourth-order valence-corrected chi connectivity index (χ4v) is 2.65. The van der Waals surface area contributed by atoms with Crippen molar-refractivity contribution in [3.63, 3.8) is 0 Å². The van der Waals surface area contributed by atoms with Gasteiger partial charge in [0.25, 0.3) is 5.91 Å². The number of phenolic OH excluding ortho intramolecular Hbond substituents is 1.